The van der Waals surface area contributed by atoms with E-state index in [1.54, 1.807) is 0 Å². The summed E-state index contributed by atoms with van der Waals surface area (Å²) in [5.41, 5.74) is 0. The highest BCUT2D eigenvalue weighted by Crippen LogP contribution is 2.19. The maximum atomic E-state index is 10.7. The van der Waals surface area contributed by atoms with Crippen molar-refractivity contribution in [2.75, 3.05) is 6.61 Å². The highest BCUT2D eigenvalue weighted by atomic mass is 35.5. The molecule has 5 heteroatoms. The molecule has 0 saturated heterocycles. The van der Waals surface area contributed by atoms with Gasteiger partial charge in [-0.3, -0.25) is 0 Å². The first-order valence-corrected chi connectivity index (χ1v) is 3.63. The molecule has 0 radical (unpaired) electrons. The lowest BCUT2D eigenvalue weighted by molar-refractivity contribution is 0.102. The fourth-order valence-corrected chi connectivity index (χ4v) is 0.704. The third-order valence-electron chi connectivity index (χ3n) is 1.01. The molecule has 0 aliphatic heterocycles. The number of rotatable bonds is 2. The van der Waals surface area contributed by atoms with Crippen LogP contribution in [0.15, 0.2) is 16.5 Å². The van der Waals surface area contributed by atoms with Crippen molar-refractivity contribution in [3.63, 3.8) is 0 Å². The molecular formula is C8H5ClO4. The average Bonchev–Trinajstić information content (AvgIpc) is 2.48. The van der Waals surface area contributed by atoms with Crippen LogP contribution in [-0.4, -0.2) is 12.8 Å². The molecule has 1 rings (SSSR count). The Morgan fingerprint density at radius 3 is 3.00 bits per heavy atom. The van der Waals surface area contributed by atoms with Crippen LogP contribution in [0.1, 0.15) is 0 Å². The smallest absolute Gasteiger partial charge is 0.421 e. The zero-order valence-electron chi connectivity index (χ0n) is 6.45. The Balaban J connectivity index is 2.41. The zero-order chi connectivity index (χ0) is 9.68. The molecule has 13 heavy (non-hydrogen) atoms. The highest BCUT2D eigenvalue weighted by Gasteiger charge is 2.08. The van der Waals surface area contributed by atoms with E-state index in [1.807, 2.05) is 0 Å². The molecule has 68 valence electrons. The second-order valence-electron chi connectivity index (χ2n) is 1.90. The fraction of sp³-hybridized carbons (Fsp3) is 0.125. The Morgan fingerprint density at radius 1 is 1.69 bits per heavy atom. The summed E-state index contributed by atoms with van der Waals surface area (Å²) >= 11 is 5.42. The Hall–Kier alpha value is -1.60. The van der Waals surface area contributed by atoms with Gasteiger partial charge in [-0.2, -0.15) is 0 Å². The van der Waals surface area contributed by atoms with Gasteiger partial charge < -0.3 is 13.9 Å². The predicted molar refractivity (Wildman–Crippen MR) is 44.5 cm³/mol. The normalized spacial score (nSPS) is 8.92. The van der Waals surface area contributed by atoms with Crippen LogP contribution >= 0.6 is 11.6 Å². The Kier molecular flexibility index (Phi) is 3.23. The summed E-state index contributed by atoms with van der Waals surface area (Å²) in [6.45, 7) is -0.146. The van der Waals surface area contributed by atoms with Crippen LogP contribution in [0, 0.1) is 12.3 Å². The third-order valence-corrected chi connectivity index (χ3v) is 1.21. The standard InChI is InChI=1S/C8H5ClO4/c1-2-5-11-8(10)13-7-4-3-6(9)12-7/h1,3-4H,5H2. The molecule has 0 aromatic carbocycles. The number of terminal acetylenes is 1. The minimum absolute atomic E-state index is 0.0352. The Morgan fingerprint density at radius 2 is 2.46 bits per heavy atom. The van der Waals surface area contributed by atoms with E-state index in [-0.39, 0.29) is 17.8 Å². The van der Waals surface area contributed by atoms with Crippen molar-refractivity contribution in [1.82, 2.24) is 0 Å². The van der Waals surface area contributed by atoms with Gasteiger partial charge in [0, 0.05) is 12.1 Å². The fourth-order valence-electron chi connectivity index (χ4n) is 0.565. The molecule has 0 fully saturated rings. The van der Waals surface area contributed by atoms with Crippen molar-refractivity contribution in [2.24, 2.45) is 0 Å². The predicted octanol–water partition coefficient (Wildman–Crippen LogP) is 2.08. The van der Waals surface area contributed by atoms with Gasteiger partial charge in [-0.25, -0.2) is 4.79 Å². The Bertz CT molecular complexity index is 336. The highest BCUT2D eigenvalue weighted by molar-refractivity contribution is 6.28. The maximum Gasteiger partial charge on any atom is 0.517 e. The molecule has 0 amide bonds. The molecule has 0 atom stereocenters. The molecule has 0 bridgehead atoms. The van der Waals surface area contributed by atoms with E-state index in [2.05, 4.69) is 15.4 Å². The second-order valence-corrected chi connectivity index (χ2v) is 2.28. The monoisotopic (exact) mass is 200 g/mol. The van der Waals surface area contributed by atoms with Crippen LogP contribution < -0.4 is 4.74 Å². The van der Waals surface area contributed by atoms with Crippen molar-refractivity contribution in [3.8, 4) is 18.3 Å². The molecule has 0 N–H and O–H groups in total. The lowest BCUT2D eigenvalue weighted by Crippen LogP contribution is -2.09. The number of furan rings is 1. The summed E-state index contributed by atoms with van der Waals surface area (Å²) in [5.74, 6) is 2.07. The van der Waals surface area contributed by atoms with Gasteiger partial charge in [-0.05, 0) is 11.6 Å². The van der Waals surface area contributed by atoms with Crippen LogP contribution in [0.5, 0.6) is 5.95 Å². The minimum atomic E-state index is -0.927. The van der Waals surface area contributed by atoms with E-state index >= 15 is 0 Å². The number of halogens is 1. The molecule has 0 aliphatic carbocycles. The van der Waals surface area contributed by atoms with Gasteiger partial charge in [0.25, 0.3) is 5.95 Å². The van der Waals surface area contributed by atoms with Crippen LogP contribution in [0.4, 0.5) is 4.79 Å². The number of ether oxygens (including phenoxy) is 2. The summed E-state index contributed by atoms with van der Waals surface area (Å²) in [6, 6.07) is 2.82. The van der Waals surface area contributed by atoms with Crippen molar-refractivity contribution in [2.45, 2.75) is 0 Å². The summed E-state index contributed by atoms with van der Waals surface area (Å²) in [6.07, 6.45) is 3.92. The van der Waals surface area contributed by atoms with Gasteiger partial charge in [0.05, 0.1) is 0 Å². The summed E-state index contributed by atoms with van der Waals surface area (Å²) in [7, 11) is 0. The molecule has 0 aliphatic rings. The van der Waals surface area contributed by atoms with Gasteiger partial charge in [-0.15, -0.1) is 6.42 Å². The average molecular weight is 201 g/mol. The van der Waals surface area contributed by atoms with E-state index in [0.717, 1.165) is 0 Å². The summed E-state index contributed by atoms with van der Waals surface area (Å²) in [5, 5.41) is 0.125. The van der Waals surface area contributed by atoms with Crippen LogP contribution in [0.3, 0.4) is 0 Å². The molecule has 4 nitrogen and oxygen atoms in total. The molecule has 1 aromatic heterocycles. The van der Waals surface area contributed by atoms with Gasteiger partial charge in [0.1, 0.15) is 0 Å². The lowest BCUT2D eigenvalue weighted by Gasteiger charge is -1.98. The molecular weight excluding hydrogens is 196 g/mol. The van der Waals surface area contributed by atoms with Crippen LogP contribution in [-0.2, 0) is 4.74 Å². The van der Waals surface area contributed by atoms with Gasteiger partial charge >= 0.3 is 6.16 Å². The van der Waals surface area contributed by atoms with Gasteiger partial charge in [0.15, 0.2) is 11.8 Å². The first-order chi connectivity index (χ1) is 6.22. The first kappa shape index (κ1) is 9.49. The first-order valence-electron chi connectivity index (χ1n) is 3.26. The van der Waals surface area contributed by atoms with Crippen molar-refractivity contribution >= 4 is 17.8 Å². The molecule has 1 aromatic rings. The Labute approximate surface area is 79.4 Å². The quantitative estimate of drug-likeness (QED) is 0.542. The number of carbonyl (C=O) groups is 1. The van der Waals surface area contributed by atoms with Crippen molar-refractivity contribution < 1.29 is 18.7 Å². The molecule has 0 saturated carbocycles. The maximum absolute atomic E-state index is 10.7. The zero-order valence-corrected chi connectivity index (χ0v) is 7.21. The largest absolute Gasteiger partial charge is 0.517 e. The van der Waals surface area contributed by atoms with E-state index in [9.17, 15) is 4.79 Å². The van der Waals surface area contributed by atoms with Crippen molar-refractivity contribution in [1.29, 1.82) is 0 Å². The second kappa shape index (κ2) is 4.43. The van der Waals surface area contributed by atoms with E-state index in [0.29, 0.717) is 0 Å². The summed E-state index contributed by atoms with van der Waals surface area (Å²) in [4.78, 5) is 10.7. The SMILES string of the molecule is C#CCOC(=O)Oc1ccc(Cl)o1. The number of carbonyl (C=O) groups excluding carboxylic acids is 1. The minimum Gasteiger partial charge on any atom is -0.421 e. The van der Waals surface area contributed by atoms with Crippen molar-refractivity contribution in [3.05, 3.63) is 17.4 Å². The van der Waals surface area contributed by atoms with E-state index < -0.39 is 6.16 Å². The van der Waals surface area contributed by atoms with E-state index in [1.165, 1.54) is 12.1 Å². The number of hydrogen-bond donors (Lipinski definition) is 0. The van der Waals surface area contributed by atoms with Crippen LogP contribution in [0.2, 0.25) is 5.22 Å². The summed E-state index contributed by atoms with van der Waals surface area (Å²) < 4.78 is 13.7. The van der Waals surface area contributed by atoms with E-state index in [4.69, 9.17) is 22.4 Å². The molecule has 1 heterocycles. The molecule has 0 spiro atoms. The van der Waals surface area contributed by atoms with Crippen LogP contribution in [0.25, 0.3) is 0 Å². The lowest BCUT2D eigenvalue weighted by atomic mass is 10.6. The van der Waals surface area contributed by atoms with Gasteiger partial charge in [-0.1, -0.05) is 5.92 Å². The number of hydrogen-bond acceptors (Lipinski definition) is 4. The third kappa shape index (κ3) is 3.09. The van der Waals surface area contributed by atoms with Gasteiger partial charge in [0.2, 0.25) is 0 Å². The topological polar surface area (TPSA) is 48.7 Å². The molecule has 0 unspecified atom stereocenters.